The predicted molar refractivity (Wildman–Crippen MR) is 65.1 cm³/mol. The number of ether oxygens (including phenoxy) is 1. The van der Waals surface area contributed by atoms with Crippen LogP contribution in [0.5, 0.6) is 0 Å². The van der Waals surface area contributed by atoms with Crippen LogP contribution in [0.15, 0.2) is 12.7 Å². The van der Waals surface area contributed by atoms with Gasteiger partial charge in [-0.2, -0.15) is 0 Å². The molecule has 16 heavy (non-hydrogen) atoms. The van der Waals surface area contributed by atoms with Crippen molar-refractivity contribution in [1.82, 2.24) is 19.5 Å². The van der Waals surface area contributed by atoms with Crippen LogP contribution < -0.4 is 5.73 Å². The van der Waals surface area contributed by atoms with Crippen LogP contribution >= 0.6 is 9.24 Å². The minimum absolute atomic E-state index is 0.318. The van der Waals surface area contributed by atoms with Gasteiger partial charge < -0.3 is 15.0 Å². The van der Waals surface area contributed by atoms with E-state index in [-0.39, 0.29) is 0 Å². The third-order valence-corrected chi connectivity index (χ3v) is 2.64. The first-order valence-electron chi connectivity index (χ1n) is 4.88. The van der Waals surface area contributed by atoms with Gasteiger partial charge >= 0.3 is 0 Å². The third-order valence-electron chi connectivity index (χ3n) is 2.24. The summed E-state index contributed by atoms with van der Waals surface area (Å²) in [6.07, 6.45) is 3.17. The molecule has 2 heterocycles. The second-order valence-corrected chi connectivity index (χ2v) is 4.49. The molecule has 2 aromatic heterocycles. The Bertz CT molecular complexity index is 486. The van der Waals surface area contributed by atoms with Crippen molar-refractivity contribution in [3.8, 4) is 0 Å². The number of hydrogen-bond acceptors (Lipinski definition) is 5. The highest BCUT2D eigenvalue weighted by Crippen LogP contribution is 2.15. The van der Waals surface area contributed by atoms with Gasteiger partial charge in [0.1, 0.15) is 11.8 Å². The fourth-order valence-corrected chi connectivity index (χ4v) is 1.97. The molecule has 0 spiro atoms. The number of rotatable bonds is 4. The molecule has 0 amide bonds. The number of anilines is 1. The molecule has 0 saturated carbocycles. The summed E-state index contributed by atoms with van der Waals surface area (Å²) in [5.41, 5.74) is 7.43. The van der Waals surface area contributed by atoms with Crippen molar-refractivity contribution in [1.29, 1.82) is 0 Å². The lowest BCUT2D eigenvalue weighted by Crippen LogP contribution is -2.15. The highest BCUT2D eigenvalue weighted by atomic mass is 31.0. The van der Waals surface area contributed by atoms with Gasteiger partial charge in [-0.1, -0.05) is 0 Å². The van der Waals surface area contributed by atoms with Crippen molar-refractivity contribution in [2.24, 2.45) is 0 Å². The van der Waals surface area contributed by atoms with Gasteiger partial charge in [-0.3, -0.25) is 0 Å². The maximum absolute atomic E-state index is 5.70. The highest BCUT2D eigenvalue weighted by molar-refractivity contribution is 7.17. The maximum Gasteiger partial charge on any atom is 0.165 e. The van der Waals surface area contributed by atoms with Crippen LogP contribution in [0, 0.1) is 0 Å². The Morgan fingerprint density at radius 1 is 1.50 bits per heavy atom. The van der Waals surface area contributed by atoms with E-state index in [1.54, 1.807) is 13.4 Å². The van der Waals surface area contributed by atoms with Crippen molar-refractivity contribution < 1.29 is 4.74 Å². The minimum Gasteiger partial charge on any atom is -0.384 e. The van der Waals surface area contributed by atoms with E-state index in [0.717, 1.165) is 12.2 Å². The first kappa shape index (κ1) is 11.2. The SMILES string of the molecule is COCC(P)Cn1cnc2c(N)ncnc21. The molecular formula is C9H14N5OP. The van der Waals surface area contributed by atoms with Crippen LogP contribution in [0.4, 0.5) is 5.82 Å². The molecule has 0 radical (unpaired) electrons. The van der Waals surface area contributed by atoms with Crippen LogP contribution in [0.3, 0.4) is 0 Å². The highest BCUT2D eigenvalue weighted by Gasteiger charge is 2.10. The molecular weight excluding hydrogens is 225 g/mol. The van der Waals surface area contributed by atoms with E-state index in [4.69, 9.17) is 10.5 Å². The van der Waals surface area contributed by atoms with Crippen molar-refractivity contribution in [2.75, 3.05) is 19.5 Å². The zero-order valence-electron chi connectivity index (χ0n) is 9.00. The van der Waals surface area contributed by atoms with E-state index in [1.165, 1.54) is 6.33 Å². The molecule has 0 fully saturated rings. The van der Waals surface area contributed by atoms with Gasteiger partial charge in [0, 0.05) is 19.3 Å². The Hall–Kier alpha value is -1.26. The molecule has 6 nitrogen and oxygen atoms in total. The number of nitrogens with two attached hydrogens (primary N) is 1. The Balaban J connectivity index is 2.28. The molecule has 0 aromatic carbocycles. The molecule has 0 aliphatic heterocycles. The van der Waals surface area contributed by atoms with Crippen LogP contribution in [-0.4, -0.2) is 38.9 Å². The number of nitrogens with zero attached hydrogens (tertiary/aromatic N) is 4. The summed E-state index contributed by atoms with van der Waals surface area (Å²) < 4.78 is 7.02. The molecule has 2 atom stereocenters. The smallest absolute Gasteiger partial charge is 0.165 e. The summed E-state index contributed by atoms with van der Waals surface area (Å²) in [5.74, 6) is 0.413. The standard InChI is InChI=1S/C9H14N5OP/c1-15-3-6(16)2-14-5-13-7-8(10)11-4-12-9(7)14/h4-6H,2-3,16H2,1H3,(H2,10,11,12). The van der Waals surface area contributed by atoms with Gasteiger partial charge in [-0.25, -0.2) is 15.0 Å². The topological polar surface area (TPSA) is 78.9 Å². The Labute approximate surface area is 95.4 Å². The van der Waals surface area contributed by atoms with E-state index < -0.39 is 0 Å². The lowest BCUT2D eigenvalue weighted by molar-refractivity contribution is 0.195. The largest absolute Gasteiger partial charge is 0.384 e. The number of fused-ring (bicyclic) bond motifs is 1. The van der Waals surface area contributed by atoms with Gasteiger partial charge in [0.15, 0.2) is 11.5 Å². The summed E-state index contributed by atoms with van der Waals surface area (Å²) in [5, 5.41) is 0. The summed E-state index contributed by atoms with van der Waals surface area (Å²) in [7, 11) is 4.42. The zero-order valence-corrected chi connectivity index (χ0v) is 10.2. The quantitative estimate of drug-likeness (QED) is 0.776. The van der Waals surface area contributed by atoms with E-state index in [9.17, 15) is 0 Å². The average Bonchev–Trinajstić information content (AvgIpc) is 2.64. The van der Waals surface area contributed by atoms with Gasteiger partial charge in [-0.15, -0.1) is 9.24 Å². The van der Waals surface area contributed by atoms with Gasteiger partial charge in [0.2, 0.25) is 0 Å². The second-order valence-electron chi connectivity index (χ2n) is 3.54. The summed E-state index contributed by atoms with van der Waals surface area (Å²) in [6, 6.07) is 0. The minimum atomic E-state index is 0.318. The molecule has 2 aromatic rings. The summed E-state index contributed by atoms with van der Waals surface area (Å²) in [4.78, 5) is 12.3. The van der Waals surface area contributed by atoms with Crippen LogP contribution in [-0.2, 0) is 11.3 Å². The fraction of sp³-hybridized carbons (Fsp3) is 0.444. The Morgan fingerprint density at radius 2 is 2.31 bits per heavy atom. The van der Waals surface area contributed by atoms with E-state index >= 15 is 0 Å². The molecule has 0 saturated heterocycles. The number of methoxy groups -OCH3 is 1. The summed E-state index contributed by atoms with van der Waals surface area (Å²) in [6.45, 7) is 1.44. The molecule has 0 bridgehead atoms. The Morgan fingerprint density at radius 3 is 3.06 bits per heavy atom. The van der Waals surface area contributed by atoms with Crippen LogP contribution in [0.2, 0.25) is 0 Å². The molecule has 2 unspecified atom stereocenters. The first-order valence-corrected chi connectivity index (χ1v) is 5.55. The summed E-state index contributed by atoms with van der Waals surface area (Å²) >= 11 is 0. The fourth-order valence-electron chi connectivity index (χ4n) is 1.55. The van der Waals surface area contributed by atoms with Crippen LogP contribution in [0.25, 0.3) is 11.2 Å². The number of hydrogen-bond donors (Lipinski definition) is 1. The van der Waals surface area contributed by atoms with E-state index in [2.05, 4.69) is 24.2 Å². The lowest BCUT2D eigenvalue weighted by Gasteiger charge is -2.10. The van der Waals surface area contributed by atoms with Crippen molar-refractivity contribution in [2.45, 2.75) is 12.2 Å². The van der Waals surface area contributed by atoms with Gasteiger partial charge in [0.25, 0.3) is 0 Å². The normalized spacial score (nSPS) is 13.1. The first-order chi connectivity index (χ1) is 7.72. The molecule has 0 aliphatic carbocycles. The molecule has 2 N–H and O–H groups in total. The predicted octanol–water partition coefficient (Wildman–Crippen LogP) is 0.299. The van der Waals surface area contributed by atoms with Crippen molar-refractivity contribution in [3.63, 3.8) is 0 Å². The average molecular weight is 239 g/mol. The monoisotopic (exact) mass is 239 g/mol. The molecule has 2 rings (SSSR count). The maximum atomic E-state index is 5.70. The van der Waals surface area contributed by atoms with E-state index in [0.29, 0.717) is 23.6 Å². The second kappa shape index (κ2) is 4.72. The van der Waals surface area contributed by atoms with E-state index in [1.807, 2.05) is 4.57 Å². The zero-order chi connectivity index (χ0) is 11.5. The van der Waals surface area contributed by atoms with Gasteiger partial charge in [0.05, 0.1) is 12.9 Å². The molecule has 0 aliphatic rings. The lowest BCUT2D eigenvalue weighted by atomic mass is 10.4. The van der Waals surface area contributed by atoms with Crippen LogP contribution in [0.1, 0.15) is 0 Å². The number of aromatic nitrogens is 4. The third kappa shape index (κ3) is 2.13. The van der Waals surface area contributed by atoms with Crippen molar-refractivity contribution >= 4 is 26.2 Å². The Kier molecular flexibility index (Phi) is 3.31. The number of nitrogen functional groups attached to an aromatic ring is 1. The molecule has 7 heteroatoms. The van der Waals surface area contributed by atoms with Gasteiger partial charge in [-0.05, 0) is 0 Å². The van der Waals surface area contributed by atoms with Crippen molar-refractivity contribution in [3.05, 3.63) is 12.7 Å². The number of imidazole rings is 1. The molecule has 86 valence electrons.